The minimum absolute atomic E-state index is 0.238. The van der Waals surface area contributed by atoms with Crippen molar-refractivity contribution in [1.82, 2.24) is 5.32 Å². The minimum Gasteiger partial charge on any atom is -0.545 e. The number of carbonyl (C=O) groups excluding carboxylic acids is 1. The highest BCUT2D eigenvalue weighted by molar-refractivity contribution is 5.89. The number of carboxylic acid groups (broad SMARTS) is 2. The summed E-state index contributed by atoms with van der Waals surface area (Å²) < 4.78 is 0. The van der Waals surface area contributed by atoms with Gasteiger partial charge < -0.3 is 20.3 Å². The SMILES string of the molecule is CCc1ccc(C(=O)[O-])cc1.O=C(O)c1ccccc1C1CCNCC1. The van der Waals surface area contributed by atoms with Crippen molar-refractivity contribution in [2.24, 2.45) is 0 Å². The number of piperidine rings is 1. The van der Waals surface area contributed by atoms with Gasteiger partial charge in [0.2, 0.25) is 0 Å². The molecule has 2 aromatic rings. The van der Waals surface area contributed by atoms with E-state index >= 15 is 0 Å². The molecule has 0 atom stereocenters. The first kappa shape index (κ1) is 19.7. The van der Waals surface area contributed by atoms with Crippen molar-refractivity contribution in [3.8, 4) is 0 Å². The van der Waals surface area contributed by atoms with Crippen LogP contribution in [-0.4, -0.2) is 30.1 Å². The van der Waals surface area contributed by atoms with Gasteiger partial charge in [0.15, 0.2) is 0 Å². The fraction of sp³-hybridized carbons (Fsp3) is 0.333. The van der Waals surface area contributed by atoms with Crippen molar-refractivity contribution in [3.05, 3.63) is 70.8 Å². The summed E-state index contributed by atoms with van der Waals surface area (Å²) in [6, 6.07) is 14.1. The quantitative estimate of drug-likeness (QED) is 0.880. The van der Waals surface area contributed by atoms with E-state index in [1.54, 1.807) is 36.4 Å². The minimum atomic E-state index is -1.12. The Balaban J connectivity index is 0.000000197. The van der Waals surface area contributed by atoms with Crippen LogP contribution < -0.4 is 10.4 Å². The van der Waals surface area contributed by atoms with Crippen LogP contribution in [0.25, 0.3) is 0 Å². The van der Waals surface area contributed by atoms with Gasteiger partial charge in [-0.1, -0.05) is 49.4 Å². The highest BCUT2D eigenvalue weighted by Crippen LogP contribution is 2.27. The third-order valence-electron chi connectivity index (χ3n) is 4.57. The number of hydrogen-bond donors (Lipinski definition) is 2. The fourth-order valence-corrected chi connectivity index (χ4v) is 3.06. The number of hydrogen-bond acceptors (Lipinski definition) is 4. The van der Waals surface area contributed by atoms with Gasteiger partial charge in [-0.15, -0.1) is 0 Å². The first-order valence-electron chi connectivity index (χ1n) is 8.86. The molecule has 1 heterocycles. The number of nitrogens with one attached hydrogen (secondary N) is 1. The summed E-state index contributed by atoms with van der Waals surface area (Å²) in [4.78, 5) is 21.3. The molecule has 26 heavy (non-hydrogen) atoms. The second kappa shape index (κ2) is 9.73. The molecule has 5 nitrogen and oxygen atoms in total. The van der Waals surface area contributed by atoms with Crippen molar-refractivity contribution in [2.45, 2.75) is 32.1 Å². The van der Waals surface area contributed by atoms with Gasteiger partial charge in [0.05, 0.1) is 11.5 Å². The lowest BCUT2D eigenvalue weighted by Gasteiger charge is -2.24. The average molecular weight is 354 g/mol. The molecule has 0 radical (unpaired) electrons. The zero-order valence-electron chi connectivity index (χ0n) is 14.9. The number of aryl methyl sites for hydroxylation is 1. The van der Waals surface area contributed by atoms with Crippen LogP contribution in [0.15, 0.2) is 48.5 Å². The Bertz CT molecular complexity index is 734. The predicted molar refractivity (Wildman–Crippen MR) is 98.4 cm³/mol. The third kappa shape index (κ3) is 5.43. The smallest absolute Gasteiger partial charge is 0.335 e. The largest absolute Gasteiger partial charge is 0.545 e. The standard InChI is InChI=1S/C12H15NO2.C9H10O2/c14-12(15)11-4-2-1-3-10(11)9-5-7-13-8-6-9;1-2-7-3-5-8(6-4-7)9(10)11/h1-4,9,13H,5-8H2,(H,14,15);3-6H,2H2,1H3,(H,10,11)/p-1. The fourth-order valence-electron chi connectivity index (χ4n) is 3.06. The molecule has 0 amide bonds. The Morgan fingerprint density at radius 2 is 1.69 bits per heavy atom. The lowest BCUT2D eigenvalue weighted by Crippen LogP contribution is -2.27. The number of benzene rings is 2. The first-order chi connectivity index (χ1) is 12.5. The molecule has 2 aromatic carbocycles. The van der Waals surface area contributed by atoms with Gasteiger partial charge in [-0.25, -0.2) is 4.79 Å². The summed E-state index contributed by atoms with van der Waals surface area (Å²) >= 11 is 0. The molecule has 1 aliphatic heterocycles. The van der Waals surface area contributed by atoms with E-state index in [1.165, 1.54) is 0 Å². The Morgan fingerprint density at radius 1 is 1.08 bits per heavy atom. The maximum absolute atomic E-state index is 11.0. The van der Waals surface area contributed by atoms with E-state index in [0.717, 1.165) is 43.5 Å². The molecule has 0 bridgehead atoms. The van der Waals surface area contributed by atoms with Crippen molar-refractivity contribution >= 4 is 11.9 Å². The maximum Gasteiger partial charge on any atom is 0.335 e. The zero-order chi connectivity index (χ0) is 18.9. The molecule has 3 rings (SSSR count). The summed E-state index contributed by atoms with van der Waals surface area (Å²) in [7, 11) is 0. The van der Waals surface area contributed by atoms with Gasteiger partial charge in [0.25, 0.3) is 0 Å². The molecule has 2 N–H and O–H groups in total. The summed E-state index contributed by atoms with van der Waals surface area (Å²) in [5.74, 6) is -1.53. The number of carboxylic acids is 2. The van der Waals surface area contributed by atoms with E-state index in [1.807, 2.05) is 19.1 Å². The molecular formula is C21H24NO4-. The molecule has 1 saturated heterocycles. The molecule has 0 aromatic heterocycles. The maximum atomic E-state index is 11.0. The highest BCUT2D eigenvalue weighted by Gasteiger charge is 2.20. The van der Waals surface area contributed by atoms with Crippen LogP contribution in [0.5, 0.6) is 0 Å². The van der Waals surface area contributed by atoms with Gasteiger partial charge >= 0.3 is 5.97 Å². The van der Waals surface area contributed by atoms with E-state index in [2.05, 4.69) is 5.32 Å². The molecule has 0 unspecified atom stereocenters. The van der Waals surface area contributed by atoms with Crippen LogP contribution in [-0.2, 0) is 6.42 Å². The summed E-state index contributed by atoms with van der Waals surface area (Å²) in [5.41, 5.74) is 2.83. The predicted octanol–water partition coefficient (Wildman–Crippen LogP) is 2.46. The first-order valence-corrected chi connectivity index (χ1v) is 8.86. The van der Waals surface area contributed by atoms with Crippen molar-refractivity contribution in [2.75, 3.05) is 13.1 Å². The third-order valence-corrected chi connectivity index (χ3v) is 4.57. The van der Waals surface area contributed by atoms with Crippen LogP contribution in [0.1, 0.15) is 57.5 Å². The van der Waals surface area contributed by atoms with E-state index in [9.17, 15) is 14.7 Å². The van der Waals surface area contributed by atoms with Crippen LogP contribution in [0.3, 0.4) is 0 Å². The van der Waals surface area contributed by atoms with Gasteiger partial charge in [-0.3, -0.25) is 0 Å². The molecular weight excluding hydrogens is 330 g/mol. The molecule has 1 aliphatic rings. The van der Waals surface area contributed by atoms with Gasteiger partial charge in [0.1, 0.15) is 0 Å². The second-order valence-corrected chi connectivity index (χ2v) is 6.25. The lowest BCUT2D eigenvalue weighted by molar-refractivity contribution is -0.255. The zero-order valence-corrected chi connectivity index (χ0v) is 14.9. The van der Waals surface area contributed by atoms with E-state index in [-0.39, 0.29) is 5.56 Å². The Morgan fingerprint density at radius 3 is 2.23 bits per heavy atom. The lowest BCUT2D eigenvalue weighted by atomic mass is 9.87. The Kier molecular flexibility index (Phi) is 7.36. The molecule has 0 aliphatic carbocycles. The van der Waals surface area contributed by atoms with Gasteiger partial charge in [-0.05, 0) is 61.0 Å². The molecule has 138 valence electrons. The van der Waals surface area contributed by atoms with Crippen LogP contribution in [0.4, 0.5) is 0 Å². The van der Waals surface area contributed by atoms with Crippen molar-refractivity contribution in [3.63, 3.8) is 0 Å². The topological polar surface area (TPSA) is 89.5 Å². The number of aromatic carboxylic acids is 2. The second-order valence-electron chi connectivity index (χ2n) is 6.25. The molecule has 1 fully saturated rings. The molecule has 0 spiro atoms. The van der Waals surface area contributed by atoms with Crippen molar-refractivity contribution < 1.29 is 19.8 Å². The van der Waals surface area contributed by atoms with Crippen LogP contribution >= 0.6 is 0 Å². The summed E-state index contributed by atoms with van der Waals surface area (Å²) in [6.07, 6.45) is 2.99. The summed E-state index contributed by atoms with van der Waals surface area (Å²) in [5, 5.41) is 22.7. The van der Waals surface area contributed by atoms with Gasteiger partial charge in [-0.2, -0.15) is 0 Å². The molecule has 0 saturated carbocycles. The van der Waals surface area contributed by atoms with Gasteiger partial charge in [0, 0.05) is 0 Å². The highest BCUT2D eigenvalue weighted by atomic mass is 16.4. The molecule has 5 heteroatoms. The summed E-state index contributed by atoms with van der Waals surface area (Å²) in [6.45, 7) is 3.99. The van der Waals surface area contributed by atoms with Crippen molar-refractivity contribution in [1.29, 1.82) is 0 Å². The van der Waals surface area contributed by atoms with E-state index in [4.69, 9.17) is 5.11 Å². The Hall–Kier alpha value is -2.66. The number of rotatable bonds is 4. The number of carbonyl (C=O) groups is 2. The van der Waals surface area contributed by atoms with Crippen LogP contribution in [0.2, 0.25) is 0 Å². The Labute approximate surface area is 153 Å². The monoisotopic (exact) mass is 354 g/mol. The van der Waals surface area contributed by atoms with Crippen LogP contribution in [0, 0.1) is 0 Å². The average Bonchev–Trinajstić information content (AvgIpc) is 2.69. The van der Waals surface area contributed by atoms with E-state index in [0.29, 0.717) is 11.5 Å². The van der Waals surface area contributed by atoms with E-state index < -0.39 is 11.9 Å². The normalized spacial score (nSPS) is 14.2.